The van der Waals surface area contributed by atoms with Crippen molar-refractivity contribution < 1.29 is 13.9 Å². The van der Waals surface area contributed by atoms with E-state index >= 15 is 0 Å². The summed E-state index contributed by atoms with van der Waals surface area (Å²) in [4.78, 5) is 2.29. The number of aromatic nitrogens is 4. The Morgan fingerprint density at radius 2 is 2.00 bits per heavy atom. The molecule has 0 unspecified atom stereocenters. The quantitative estimate of drug-likeness (QED) is 0.572. The van der Waals surface area contributed by atoms with Crippen LogP contribution in [0, 0.1) is 10.6 Å². The Labute approximate surface area is 173 Å². The van der Waals surface area contributed by atoms with Gasteiger partial charge >= 0.3 is 0 Å². The Morgan fingerprint density at radius 1 is 1.14 bits per heavy atom. The summed E-state index contributed by atoms with van der Waals surface area (Å²) in [6.07, 6.45) is 2.05. The van der Waals surface area contributed by atoms with E-state index in [2.05, 4.69) is 15.3 Å². The van der Waals surface area contributed by atoms with Crippen LogP contribution in [0.5, 0.6) is 11.5 Å². The number of likely N-dealkylation sites (tertiary alicyclic amines) is 1. The first-order valence-electron chi connectivity index (χ1n) is 9.35. The van der Waals surface area contributed by atoms with Crippen LogP contribution in [0.1, 0.15) is 24.4 Å². The van der Waals surface area contributed by atoms with Gasteiger partial charge in [-0.3, -0.25) is 4.90 Å². The van der Waals surface area contributed by atoms with Crippen LogP contribution >= 0.6 is 12.2 Å². The zero-order valence-corrected chi connectivity index (χ0v) is 17.1. The molecule has 1 aliphatic rings. The summed E-state index contributed by atoms with van der Waals surface area (Å²) in [5.41, 5.74) is 1.63. The molecule has 0 spiro atoms. The molecular formula is C20H22FN5O2S. The van der Waals surface area contributed by atoms with Gasteiger partial charge in [0.25, 0.3) is 0 Å². The molecule has 0 bridgehead atoms. The van der Waals surface area contributed by atoms with Gasteiger partial charge in [-0.05, 0) is 71.9 Å². The molecule has 2 heterocycles. The number of tetrazole rings is 1. The number of nitrogens with zero attached hydrogens (tertiary/aromatic N) is 5. The number of rotatable bonds is 6. The number of hydrogen-bond donors (Lipinski definition) is 0. The minimum absolute atomic E-state index is 0.154. The van der Waals surface area contributed by atoms with Gasteiger partial charge in [-0.15, -0.1) is 0 Å². The maximum absolute atomic E-state index is 13.6. The largest absolute Gasteiger partial charge is 0.497 e. The highest BCUT2D eigenvalue weighted by molar-refractivity contribution is 7.71. The van der Waals surface area contributed by atoms with Gasteiger partial charge in [0.05, 0.1) is 26.6 Å². The van der Waals surface area contributed by atoms with Crippen molar-refractivity contribution >= 4 is 12.2 Å². The fourth-order valence-electron chi connectivity index (χ4n) is 3.75. The molecule has 152 valence electrons. The maximum Gasteiger partial charge on any atom is 0.221 e. The van der Waals surface area contributed by atoms with Gasteiger partial charge in [-0.25, -0.2) is 9.07 Å². The van der Waals surface area contributed by atoms with Crippen molar-refractivity contribution in [3.8, 4) is 17.2 Å². The van der Waals surface area contributed by atoms with E-state index in [-0.39, 0.29) is 11.9 Å². The van der Waals surface area contributed by atoms with Crippen LogP contribution in [-0.2, 0) is 6.67 Å². The van der Waals surface area contributed by atoms with Crippen LogP contribution < -0.4 is 9.47 Å². The number of methoxy groups -OCH3 is 2. The molecule has 1 fully saturated rings. The summed E-state index contributed by atoms with van der Waals surface area (Å²) >= 11 is 5.54. The van der Waals surface area contributed by atoms with Crippen molar-refractivity contribution in [1.29, 1.82) is 0 Å². The van der Waals surface area contributed by atoms with E-state index < -0.39 is 0 Å². The predicted octanol–water partition coefficient (Wildman–Crippen LogP) is 3.75. The SMILES string of the molecule is COc1ccc(OC)c([C@@H]2CCCN2Cn2nnn(-c3cccc(F)c3)c2=S)c1. The number of hydrogen-bond acceptors (Lipinski definition) is 6. The van der Waals surface area contributed by atoms with Crippen LogP contribution in [0.2, 0.25) is 0 Å². The molecule has 0 radical (unpaired) electrons. The van der Waals surface area contributed by atoms with E-state index in [0.717, 1.165) is 36.4 Å². The van der Waals surface area contributed by atoms with Crippen molar-refractivity contribution in [2.45, 2.75) is 25.6 Å². The van der Waals surface area contributed by atoms with E-state index in [4.69, 9.17) is 21.7 Å². The van der Waals surface area contributed by atoms with Crippen LogP contribution in [0.4, 0.5) is 4.39 Å². The summed E-state index contributed by atoms with van der Waals surface area (Å²) in [5.74, 6) is 1.28. The maximum atomic E-state index is 13.6. The van der Waals surface area contributed by atoms with Crippen molar-refractivity contribution in [2.75, 3.05) is 20.8 Å². The van der Waals surface area contributed by atoms with Crippen LogP contribution in [0.25, 0.3) is 5.69 Å². The Morgan fingerprint density at radius 3 is 2.76 bits per heavy atom. The van der Waals surface area contributed by atoms with Crippen molar-refractivity contribution in [1.82, 2.24) is 24.7 Å². The standard InChI is InChI=1S/C20H22FN5O2S/c1-27-16-8-9-19(28-2)17(12-16)18-7-4-10-24(18)13-25-20(29)26(23-22-25)15-6-3-5-14(21)11-15/h3,5-6,8-9,11-12,18H,4,7,10,13H2,1-2H3/t18-/m0/s1. The molecule has 0 N–H and O–H groups in total. The molecule has 4 rings (SSSR count). The Hall–Kier alpha value is -2.78. The molecule has 7 nitrogen and oxygen atoms in total. The van der Waals surface area contributed by atoms with E-state index in [9.17, 15) is 4.39 Å². The minimum Gasteiger partial charge on any atom is -0.497 e. The average Bonchev–Trinajstić information content (AvgIpc) is 3.34. The number of benzene rings is 2. The molecule has 1 aliphatic heterocycles. The molecular weight excluding hydrogens is 393 g/mol. The van der Waals surface area contributed by atoms with E-state index in [1.165, 1.54) is 16.8 Å². The van der Waals surface area contributed by atoms with Gasteiger partial charge in [-0.1, -0.05) is 6.07 Å². The molecule has 1 atom stereocenters. The highest BCUT2D eigenvalue weighted by atomic mass is 32.1. The smallest absolute Gasteiger partial charge is 0.221 e. The lowest BCUT2D eigenvalue weighted by Crippen LogP contribution is -2.27. The Bertz CT molecular complexity index is 1070. The molecule has 3 aromatic rings. The molecule has 9 heteroatoms. The second-order valence-electron chi connectivity index (χ2n) is 6.87. The first-order valence-corrected chi connectivity index (χ1v) is 9.76. The fourth-order valence-corrected chi connectivity index (χ4v) is 3.99. The normalized spacial score (nSPS) is 16.9. The van der Waals surface area contributed by atoms with Crippen molar-refractivity contribution in [3.63, 3.8) is 0 Å². The summed E-state index contributed by atoms with van der Waals surface area (Å²) in [6.45, 7) is 1.39. The van der Waals surface area contributed by atoms with E-state index in [1.54, 1.807) is 31.0 Å². The Kier molecular flexibility index (Phi) is 5.59. The molecule has 0 amide bonds. The number of ether oxygens (including phenoxy) is 2. The third-order valence-electron chi connectivity index (χ3n) is 5.17. The zero-order valence-electron chi connectivity index (χ0n) is 16.3. The molecule has 0 aliphatic carbocycles. The van der Waals surface area contributed by atoms with Crippen LogP contribution in [0.15, 0.2) is 42.5 Å². The van der Waals surface area contributed by atoms with Crippen LogP contribution in [-0.4, -0.2) is 45.5 Å². The third-order valence-corrected chi connectivity index (χ3v) is 5.55. The summed E-state index contributed by atoms with van der Waals surface area (Å²) < 4.78 is 28.1. The monoisotopic (exact) mass is 415 g/mol. The first kappa shape index (κ1) is 19.5. The average molecular weight is 415 g/mol. The second-order valence-corrected chi connectivity index (χ2v) is 7.24. The summed E-state index contributed by atoms with van der Waals surface area (Å²) in [5, 5.41) is 8.31. The van der Waals surface area contributed by atoms with E-state index in [1.807, 2.05) is 18.2 Å². The molecule has 29 heavy (non-hydrogen) atoms. The molecule has 1 saturated heterocycles. The van der Waals surface area contributed by atoms with Gasteiger partial charge in [-0.2, -0.15) is 4.68 Å². The van der Waals surface area contributed by atoms with Gasteiger partial charge in [0, 0.05) is 18.2 Å². The van der Waals surface area contributed by atoms with Gasteiger partial charge in [0.15, 0.2) is 0 Å². The fraction of sp³-hybridized carbons (Fsp3) is 0.350. The summed E-state index contributed by atoms with van der Waals surface area (Å²) in [7, 11) is 3.33. The highest BCUT2D eigenvalue weighted by Gasteiger charge is 2.29. The lowest BCUT2D eigenvalue weighted by Gasteiger charge is -2.26. The lowest BCUT2D eigenvalue weighted by molar-refractivity contribution is 0.185. The minimum atomic E-state index is -0.344. The third kappa shape index (κ3) is 3.88. The van der Waals surface area contributed by atoms with Crippen LogP contribution in [0.3, 0.4) is 0 Å². The van der Waals surface area contributed by atoms with Gasteiger partial charge < -0.3 is 9.47 Å². The van der Waals surface area contributed by atoms with Gasteiger partial charge in [0.2, 0.25) is 4.77 Å². The van der Waals surface area contributed by atoms with Gasteiger partial charge in [0.1, 0.15) is 17.3 Å². The summed E-state index contributed by atoms with van der Waals surface area (Å²) in [6, 6.07) is 12.1. The van der Waals surface area contributed by atoms with E-state index in [0.29, 0.717) is 17.1 Å². The predicted molar refractivity (Wildman–Crippen MR) is 108 cm³/mol. The molecule has 0 saturated carbocycles. The highest BCUT2D eigenvalue weighted by Crippen LogP contribution is 2.39. The molecule has 2 aromatic carbocycles. The topological polar surface area (TPSA) is 57.3 Å². The lowest BCUT2D eigenvalue weighted by atomic mass is 10.0. The first-order chi connectivity index (χ1) is 14.1. The zero-order chi connectivity index (χ0) is 20.4. The number of halogens is 1. The van der Waals surface area contributed by atoms with Crippen molar-refractivity contribution in [3.05, 3.63) is 58.6 Å². The molecule has 1 aromatic heterocycles. The Balaban J connectivity index is 1.61. The van der Waals surface area contributed by atoms with Crippen molar-refractivity contribution in [2.24, 2.45) is 0 Å². The second kappa shape index (κ2) is 8.30.